The zero-order valence-corrected chi connectivity index (χ0v) is 11.8. The van der Waals surface area contributed by atoms with Gasteiger partial charge in [-0.1, -0.05) is 32.3 Å². The number of hydrogen-bond acceptors (Lipinski definition) is 4. The molecule has 1 aliphatic carbocycles. The molecule has 1 fully saturated rings. The normalized spacial score (nSPS) is 18.1. The molecule has 5 heteroatoms. The highest BCUT2D eigenvalue weighted by molar-refractivity contribution is 5.76. The van der Waals surface area contributed by atoms with Crippen LogP contribution in [0.3, 0.4) is 0 Å². The first-order valence-corrected chi connectivity index (χ1v) is 6.74. The number of aromatic nitrogens is 1. The van der Waals surface area contributed by atoms with Crippen LogP contribution in [0.15, 0.2) is 10.6 Å². The van der Waals surface area contributed by atoms with Crippen LogP contribution in [0.1, 0.15) is 51.5 Å². The molecule has 0 unspecified atom stereocenters. The molecular weight excluding hydrogens is 244 g/mol. The first-order chi connectivity index (χ1) is 8.83. The van der Waals surface area contributed by atoms with Crippen molar-refractivity contribution in [3.8, 4) is 0 Å². The molecule has 0 aliphatic heterocycles. The highest BCUT2D eigenvalue weighted by Gasteiger charge is 2.43. The quantitative estimate of drug-likeness (QED) is 0.855. The molecule has 0 saturated heterocycles. The van der Waals surface area contributed by atoms with Crippen LogP contribution in [-0.4, -0.2) is 22.8 Å². The van der Waals surface area contributed by atoms with Crippen molar-refractivity contribution in [3.63, 3.8) is 0 Å². The average molecular weight is 266 g/mol. The lowest BCUT2D eigenvalue weighted by molar-refractivity contribution is -0.154. The fourth-order valence-corrected chi connectivity index (χ4v) is 2.25. The maximum atomic E-state index is 11.2. The number of rotatable bonds is 5. The molecule has 0 bridgehead atoms. The number of nitrogens with zero attached hydrogens (tertiary/aromatic N) is 1. The van der Waals surface area contributed by atoms with Gasteiger partial charge in [-0.05, 0) is 12.8 Å². The molecule has 0 radical (unpaired) electrons. The molecule has 1 aromatic heterocycles. The van der Waals surface area contributed by atoms with E-state index in [-0.39, 0.29) is 5.41 Å². The fourth-order valence-electron chi connectivity index (χ4n) is 2.25. The van der Waals surface area contributed by atoms with Gasteiger partial charge in [0.2, 0.25) is 0 Å². The number of nitrogens with one attached hydrogen (secondary N) is 1. The average Bonchev–Trinajstić information content (AvgIpc) is 2.69. The number of hydrogen-bond donors (Lipinski definition) is 2. The van der Waals surface area contributed by atoms with Gasteiger partial charge in [0.15, 0.2) is 0 Å². The minimum atomic E-state index is -0.693. The van der Waals surface area contributed by atoms with E-state index >= 15 is 0 Å². The van der Waals surface area contributed by atoms with Gasteiger partial charge in [0.1, 0.15) is 5.76 Å². The summed E-state index contributed by atoms with van der Waals surface area (Å²) in [7, 11) is 0. The van der Waals surface area contributed by atoms with E-state index < -0.39 is 11.4 Å². The second-order valence-corrected chi connectivity index (χ2v) is 6.48. The van der Waals surface area contributed by atoms with Crippen LogP contribution in [0.2, 0.25) is 0 Å². The largest absolute Gasteiger partial charge is 0.481 e. The number of aliphatic carboxylic acids is 1. The van der Waals surface area contributed by atoms with Gasteiger partial charge in [0, 0.05) is 24.6 Å². The van der Waals surface area contributed by atoms with Crippen molar-refractivity contribution in [1.82, 2.24) is 10.5 Å². The molecule has 1 aliphatic rings. The summed E-state index contributed by atoms with van der Waals surface area (Å²) < 4.78 is 5.29. The van der Waals surface area contributed by atoms with Crippen molar-refractivity contribution in [2.45, 2.75) is 52.0 Å². The molecule has 1 aromatic rings. The second-order valence-electron chi connectivity index (χ2n) is 6.48. The Labute approximate surface area is 113 Å². The SMILES string of the molecule is CC(C)(C)c1cc(CNCC2(C(=O)O)CCC2)no1. The summed E-state index contributed by atoms with van der Waals surface area (Å²) in [6.45, 7) is 7.25. The van der Waals surface area contributed by atoms with Crippen molar-refractivity contribution in [3.05, 3.63) is 17.5 Å². The Kier molecular flexibility index (Phi) is 3.67. The van der Waals surface area contributed by atoms with Crippen LogP contribution < -0.4 is 5.32 Å². The van der Waals surface area contributed by atoms with E-state index in [4.69, 9.17) is 4.52 Å². The van der Waals surface area contributed by atoms with Gasteiger partial charge in [-0.3, -0.25) is 4.79 Å². The summed E-state index contributed by atoms with van der Waals surface area (Å²) in [6.07, 6.45) is 2.54. The molecule has 106 valence electrons. The van der Waals surface area contributed by atoms with Crippen LogP contribution in [-0.2, 0) is 16.8 Å². The van der Waals surface area contributed by atoms with Crippen LogP contribution in [0, 0.1) is 5.41 Å². The molecule has 2 N–H and O–H groups in total. The van der Waals surface area contributed by atoms with E-state index in [1.807, 2.05) is 6.07 Å². The van der Waals surface area contributed by atoms with Crippen LogP contribution in [0.5, 0.6) is 0 Å². The summed E-state index contributed by atoms with van der Waals surface area (Å²) in [5.41, 5.74) is 0.211. The van der Waals surface area contributed by atoms with Crippen molar-refractivity contribution in [2.24, 2.45) is 5.41 Å². The molecule has 0 amide bonds. The lowest BCUT2D eigenvalue weighted by atomic mass is 9.69. The van der Waals surface area contributed by atoms with E-state index in [1.165, 1.54) is 0 Å². The molecule has 0 aromatic carbocycles. The third-order valence-electron chi connectivity index (χ3n) is 3.83. The second kappa shape index (κ2) is 4.96. The van der Waals surface area contributed by atoms with Gasteiger partial charge < -0.3 is 14.9 Å². The lowest BCUT2D eigenvalue weighted by Gasteiger charge is -2.37. The predicted octanol–water partition coefficient (Wildman–Crippen LogP) is 2.32. The topological polar surface area (TPSA) is 75.4 Å². The highest BCUT2D eigenvalue weighted by atomic mass is 16.5. The Morgan fingerprint density at radius 3 is 2.63 bits per heavy atom. The van der Waals surface area contributed by atoms with Gasteiger partial charge in [-0.2, -0.15) is 0 Å². The maximum absolute atomic E-state index is 11.2. The molecule has 19 heavy (non-hydrogen) atoms. The van der Waals surface area contributed by atoms with Crippen molar-refractivity contribution in [1.29, 1.82) is 0 Å². The Morgan fingerprint density at radius 2 is 2.21 bits per heavy atom. The van der Waals surface area contributed by atoms with Gasteiger partial charge in [0.25, 0.3) is 0 Å². The smallest absolute Gasteiger partial charge is 0.310 e. The van der Waals surface area contributed by atoms with Crippen LogP contribution in [0.25, 0.3) is 0 Å². The number of carboxylic acid groups (broad SMARTS) is 1. The summed E-state index contributed by atoms with van der Waals surface area (Å²) in [5, 5.41) is 16.4. The Hall–Kier alpha value is -1.36. The Bertz CT molecular complexity index is 456. The van der Waals surface area contributed by atoms with E-state index in [1.54, 1.807) is 0 Å². The van der Waals surface area contributed by atoms with E-state index in [0.29, 0.717) is 13.1 Å². The van der Waals surface area contributed by atoms with Crippen molar-refractivity contribution < 1.29 is 14.4 Å². The Balaban J connectivity index is 1.86. The zero-order valence-electron chi connectivity index (χ0n) is 11.8. The van der Waals surface area contributed by atoms with Gasteiger partial charge in [-0.15, -0.1) is 0 Å². The van der Waals surface area contributed by atoms with Gasteiger partial charge in [-0.25, -0.2) is 0 Å². The predicted molar refractivity (Wildman–Crippen MR) is 70.8 cm³/mol. The number of carbonyl (C=O) groups is 1. The zero-order chi connectivity index (χ0) is 14.1. The van der Waals surface area contributed by atoms with Crippen molar-refractivity contribution in [2.75, 3.05) is 6.54 Å². The summed E-state index contributed by atoms with van der Waals surface area (Å²) in [6, 6.07) is 1.93. The molecule has 1 saturated carbocycles. The lowest BCUT2D eigenvalue weighted by Crippen LogP contribution is -2.46. The van der Waals surface area contributed by atoms with Gasteiger partial charge >= 0.3 is 5.97 Å². The molecule has 5 nitrogen and oxygen atoms in total. The Morgan fingerprint density at radius 1 is 1.53 bits per heavy atom. The van der Waals surface area contributed by atoms with Crippen molar-refractivity contribution >= 4 is 5.97 Å². The fraction of sp³-hybridized carbons (Fsp3) is 0.714. The first kappa shape index (κ1) is 14.1. The molecule has 1 heterocycles. The monoisotopic (exact) mass is 266 g/mol. The molecule has 0 spiro atoms. The van der Waals surface area contributed by atoms with E-state index in [0.717, 1.165) is 30.7 Å². The minimum absolute atomic E-state index is 0.0541. The molecular formula is C14H22N2O3. The summed E-state index contributed by atoms with van der Waals surface area (Å²) >= 11 is 0. The van der Waals surface area contributed by atoms with Crippen LogP contribution in [0.4, 0.5) is 0 Å². The van der Waals surface area contributed by atoms with Crippen LogP contribution >= 0.6 is 0 Å². The summed E-state index contributed by atoms with van der Waals surface area (Å²) in [4.78, 5) is 11.2. The highest BCUT2D eigenvalue weighted by Crippen LogP contribution is 2.40. The van der Waals surface area contributed by atoms with Gasteiger partial charge in [0.05, 0.1) is 11.1 Å². The standard InChI is InChI=1S/C14H22N2O3/c1-13(2,3)11-7-10(16-19-11)8-15-9-14(12(17)18)5-4-6-14/h7,15H,4-6,8-9H2,1-3H3,(H,17,18). The van der Waals surface area contributed by atoms with E-state index in [9.17, 15) is 9.90 Å². The van der Waals surface area contributed by atoms with E-state index in [2.05, 4.69) is 31.2 Å². The maximum Gasteiger partial charge on any atom is 0.310 e. The third-order valence-corrected chi connectivity index (χ3v) is 3.83. The third kappa shape index (κ3) is 2.97. The summed E-state index contributed by atoms with van der Waals surface area (Å²) in [5.74, 6) is 0.155. The first-order valence-electron chi connectivity index (χ1n) is 6.74. The number of carboxylic acids is 1. The minimum Gasteiger partial charge on any atom is -0.481 e. The molecule has 2 rings (SSSR count). The molecule has 0 atom stereocenters.